The highest BCUT2D eigenvalue weighted by atomic mass is 16.3. The van der Waals surface area contributed by atoms with Gasteiger partial charge in [0.2, 0.25) is 5.91 Å². The molecule has 35 heavy (non-hydrogen) atoms. The molecule has 0 radical (unpaired) electrons. The van der Waals surface area contributed by atoms with Crippen LogP contribution in [0.1, 0.15) is 69.4 Å². The zero-order valence-electron chi connectivity index (χ0n) is 21.9. The predicted octanol–water partition coefficient (Wildman–Crippen LogP) is 4.71. The molecular formula is C30H47N3O2. The Morgan fingerprint density at radius 1 is 0.943 bits per heavy atom. The van der Waals surface area contributed by atoms with Crippen molar-refractivity contribution in [1.82, 2.24) is 4.90 Å². The zero-order valence-corrected chi connectivity index (χ0v) is 21.9. The molecule has 2 unspecified atom stereocenters. The molecule has 1 saturated heterocycles. The maximum Gasteiger partial charge on any atom is 0.232 e. The number of aliphatic hydroxyl groups excluding tert-OH is 1. The fourth-order valence-electron chi connectivity index (χ4n) is 5.64. The third-order valence-corrected chi connectivity index (χ3v) is 7.52. The molecule has 1 fully saturated rings. The van der Waals surface area contributed by atoms with Crippen LogP contribution >= 0.6 is 0 Å². The Hall–Kier alpha value is -2.21. The average Bonchev–Trinajstić information content (AvgIpc) is 3.35. The number of nitrogens with two attached hydrogens (primary N) is 2. The Kier molecular flexibility index (Phi) is 13.0. The van der Waals surface area contributed by atoms with E-state index >= 15 is 0 Å². The van der Waals surface area contributed by atoms with Crippen molar-refractivity contribution in [3.05, 3.63) is 71.8 Å². The van der Waals surface area contributed by atoms with E-state index in [-0.39, 0.29) is 11.8 Å². The standard InChI is InChI=1S/C29H42N2O2.CH5N/c1-24(19-22-32)13-7-3-2-4-12-20-31-21-18-27(23-31)29(28(30)33,25-14-8-5-9-15-25)26-16-10-6-11-17-26;1-2/h5-6,8-11,14-17,24,27,32H,2-4,7,12-13,18-23H2,1H3,(H2,30,33);2H2,1H3. The van der Waals surface area contributed by atoms with E-state index in [4.69, 9.17) is 10.8 Å². The lowest BCUT2D eigenvalue weighted by molar-refractivity contribution is -0.123. The van der Waals surface area contributed by atoms with E-state index in [0.717, 1.165) is 43.6 Å². The van der Waals surface area contributed by atoms with Gasteiger partial charge in [-0.2, -0.15) is 0 Å². The summed E-state index contributed by atoms with van der Waals surface area (Å²) < 4.78 is 0. The van der Waals surface area contributed by atoms with Crippen LogP contribution in [0.3, 0.4) is 0 Å². The molecule has 0 bridgehead atoms. The van der Waals surface area contributed by atoms with Crippen LogP contribution in [0.15, 0.2) is 60.7 Å². The minimum Gasteiger partial charge on any atom is -0.396 e. The Morgan fingerprint density at radius 3 is 2.03 bits per heavy atom. The number of carbonyl (C=O) groups is 1. The number of hydrogen-bond donors (Lipinski definition) is 3. The molecule has 1 aliphatic rings. The first-order chi connectivity index (χ1) is 17.1. The fraction of sp³-hybridized carbons (Fsp3) is 0.567. The van der Waals surface area contributed by atoms with Crippen molar-refractivity contribution < 1.29 is 9.90 Å². The van der Waals surface area contributed by atoms with Gasteiger partial charge in [-0.25, -0.2) is 0 Å². The number of nitrogens with zero attached hydrogens (tertiary/aromatic N) is 1. The molecule has 3 rings (SSSR count). The molecular weight excluding hydrogens is 434 g/mol. The van der Waals surface area contributed by atoms with Crippen molar-refractivity contribution in [3.63, 3.8) is 0 Å². The van der Waals surface area contributed by atoms with Crippen LogP contribution in [-0.2, 0) is 10.2 Å². The molecule has 0 spiro atoms. The minimum atomic E-state index is -0.789. The van der Waals surface area contributed by atoms with Gasteiger partial charge in [0.15, 0.2) is 0 Å². The van der Waals surface area contributed by atoms with Gasteiger partial charge in [-0.3, -0.25) is 4.79 Å². The van der Waals surface area contributed by atoms with Crippen LogP contribution in [0.2, 0.25) is 0 Å². The fourth-order valence-corrected chi connectivity index (χ4v) is 5.64. The largest absolute Gasteiger partial charge is 0.396 e. The van der Waals surface area contributed by atoms with Gasteiger partial charge in [0.1, 0.15) is 5.41 Å². The maximum absolute atomic E-state index is 13.2. The summed E-state index contributed by atoms with van der Waals surface area (Å²) >= 11 is 0. The number of unbranched alkanes of at least 4 members (excludes halogenated alkanes) is 4. The molecule has 1 heterocycles. The first-order valence-corrected chi connectivity index (χ1v) is 13.4. The molecule has 2 atom stereocenters. The van der Waals surface area contributed by atoms with E-state index in [2.05, 4.69) is 41.8 Å². The Morgan fingerprint density at radius 2 is 1.49 bits per heavy atom. The third kappa shape index (κ3) is 7.89. The maximum atomic E-state index is 13.2. The number of hydrogen-bond acceptors (Lipinski definition) is 4. The summed E-state index contributed by atoms with van der Waals surface area (Å²) in [6, 6.07) is 20.2. The highest BCUT2D eigenvalue weighted by Crippen LogP contribution is 2.43. The monoisotopic (exact) mass is 481 g/mol. The molecule has 194 valence electrons. The van der Waals surface area contributed by atoms with Gasteiger partial charge in [-0.15, -0.1) is 0 Å². The first kappa shape index (κ1) is 29.0. The first-order valence-electron chi connectivity index (χ1n) is 13.4. The molecule has 1 aliphatic heterocycles. The molecule has 1 amide bonds. The molecule has 5 heteroatoms. The Bertz CT molecular complexity index is 789. The number of aliphatic hydroxyl groups is 1. The van der Waals surface area contributed by atoms with Gasteiger partial charge >= 0.3 is 0 Å². The highest BCUT2D eigenvalue weighted by Gasteiger charge is 2.49. The van der Waals surface area contributed by atoms with Gasteiger partial charge < -0.3 is 21.5 Å². The molecule has 0 saturated carbocycles. The number of carbonyl (C=O) groups excluding carboxylic acids is 1. The summed E-state index contributed by atoms with van der Waals surface area (Å²) in [4.78, 5) is 15.7. The second-order valence-electron chi connectivity index (χ2n) is 9.86. The van der Waals surface area contributed by atoms with E-state index in [9.17, 15) is 4.79 Å². The van der Waals surface area contributed by atoms with E-state index in [1.54, 1.807) is 0 Å². The normalized spacial score (nSPS) is 17.0. The van der Waals surface area contributed by atoms with Crippen molar-refractivity contribution in [3.8, 4) is 0 Å². The van der Waals surface area contributed by atoms with Gasteiger partial charge in [0, 0.05) is 13.2 Å². The van der Waals surface area contributed by atoms with Crippen LogP contribution in [0.25, 0.3) is 0 Å². The SMILES string of the molecule is CC(CCO)CCCCCCCN1CCC(C(C(N)=O)(c2ccccc2)c2ccccc2)C1.CN. The lowest BCUT2D eigenvalue weighted by Gasteiger charge is -2.37. The molecule has 2 aromatic rings. The number of amides is 1. The average molecular weight is 482 g/mol. The van der Waals surface area contributed by atoms with Crippen molar-refractivity contribution in [2.75, 3.05) is 33.3 Å². The van der Waals surface area contributed by atoms with Crippen LogP contribution in [-0.4, -0.2) is 49.2 Å². The van der Waals surface area contributed by atoms with Crippen molar-refractivity contribution in [1.29, 1.82) is 0 Å². The van der Waals surface area contributed by atoms with Crippen molar-refractivity contribution >= 4 is 5.91 Å². The second kappa shape index (κ2) is 15.7. The highest BCUT2D eigenvalue weighted by molar-refractivity contribution is 5.91. The van der Waals surface area contributed by atoms with Crippen molar-refractivity contribution in [2.24, 2.45) is 23.3 Å². The van der Waals surface area contributed by atoms with E-state index in [1.165, 1.54) is 45.6 Å². The second-order valence-corrected chi connectivity index (χ2v) is 9.86. The summed E-state index contributed by atoms with van der Waals surface area (Å²) in [6.45, 7) is 5.57. The topological polar surface area (TPSA) is 92.6 Å². The number of benzene rings is 2. The van der Waals surface area contributed by atoms with Crippen molar-refractivity contribution in [2.45, 2.75) is 63.7 Å². The summed E-state index contributed by atoms with van der Waals surface area (Å²) in [7, 11) is 1.50. The number of rotatable bonds is 14. The Balaban J connectivity index is 0.00000210. The lowest BCUT2D eigenvalue weighted by Crippen LogP contribution is -2.49. The molecule has 5 N–H and O–H groups in total. The van der Waals surface area contributed by atoms with Gasteiger partial charge in [0.25, 0.3) is 0 Å². The number of likely N-dealkylation sites (tertiary alicyclic amines) is 1. The van der Waals surface area contributed by atoms with Crippen LogP contribution in [0.4, 0.5) is 0 Å². The zero-order chi connectivity index (χ0) is 25.5. The van der Waals surface area contributed by atoms with E-state index in [1.807, 2.05) is 36.4 Å². The predicted molar refractivity (Wildman–Crippen MR) is 146 cm³/mol. The quantitative estimate of drug-likeness (QED) is 0.341. The molecule has 0 aromatic heterocycles. The van der Waals surface area contributed by atoms with E-state index < -0.39 is 5.41 Å². The smallest absolute Gasteiger partial charge is 0.232 e. The minimum absolute atomic E-state index is 0.174. The van der Waals surface area contributed by atoms with Gasteiger partial charge in [-0.05, 0) is 62.4 Å². The number of primary amides is 1. The Labute approximate surface area is 212 Å². The molecule has 0 aliphatic carbocycles. The summed E-state index contributed by atoms with van der Waals surface area (Å²) in [6.07, 6.45) is 9.43. The van der Waals surface area contributed by atoms with Crippen LogP contribution in [0.5, 0.6) is 0 Å². The summed E-state index contributed by atoms with van der Waals surface area (Å²) in [5, 5.41) is 9.01. The van der Waals surface area contributed by atoms with E-state index in [0.29, 0.717) is 12.5 Å². The molecule has 2 aromatic carbocycles. The summed E-state index contributed by atoms with van der Waals surface area (Å²) in [5.41, 5.74) is 11.9. The molecule has 5 nitrogen and oxygen atoms in total. The summed E-state index contributed by atoms with van der Waals surface area (Å²) in [5.74, 6) is 0.561. The van der Waals surface area contributed by atoms with Crippen LogP contribution in [0, 0.1) is 11.8 Å². The van der Waals surface area contributed by atoms with Gasteiger partial charge in [-0.1, -0.05) is 99.7 Å². The van der Waals surface area contributed by atoms with Crippen LogP contribution < -0.4 is 11.5 Å². The lowest BCUT2D eigenvalue weighted by atomic mass is 9.64. The third-order valence-electron chi connectivity index (χ3n) is 7.52. The van der Waals surface area contributed by atoms with Gasteiger partial charge in [0.05, 0.1) is 0 Å².